The molecule has 1 unspecified atom stereocenters. The number of hydrogen-bond acceptors (Lipinski definition) is 2. The summed E-state index contributed by atoms with van der Waals surface area (Å²) >= 11 is 1.67. The fraction of sp³-hybridized carbons (Fsp3) is 0.611. The molecular weight excluding hydrogens is 262 g/mol. The summed E-state index contributed by atoms with van der Waals surface area (Å²) in [4.78, 5) is 0. The van der Waals surface area contributed by atoms with E-state index in [-0.39, 0.29) is 0 Å². The van der Waals surface area contributed by atoms with E-state index in [0.717, 1.165) is 0 Å². The smallest absolute Gasteiger partial charge is 0.0651 e. The van der Waals surface area contributed by atoms with Gasteiger partial charge in [0, 0.05) is 11.3 Å². The highest BCUT2D eigenvalue weighted by molar-refractivity contribution is 7.13. The van der Waals surface area contributed by atoms with E-state index in [2.05, 4.69) is 38.1 Å². The molecule has 0 aliphatic heterocycles. The van der Waals surface area contributed by atoms with Crippen molar-refractivity contribution in [3.05, 3.63) is 30.0 Å². The lowest BCUT2D eigenvalue weighted by molar-refractivity contribution is 0.512. The van der Waals surface area contributed by atoms with Crippen LogP contribution in [-0.2, 0) is 0 Å². The molecule has 0 aliphatic carbocycles. The highest BCUT2D eigenvalue weighted by atomic mass is 32.1. The minimum absolute atomic E-state index is 0.665. The van der Waals surface area contributed by atoms with Gasteiger partial charge in [-0.1, -0.05) is 70.6 Å². The average molecular weight is 289 g/mol. The Hall–Kier alpha value is -0.890. The fourth-order valence-electron chi connectivity index (χ4n) is 2.96. The summed E-state index contributed by atoms with van der Waals surface area (Å²) in [6, 6.07) is 8.70. The number of nitrogens with zero attached hydrogens (tertiary/aromatic N) is 1. The molecule has 110 valence electrons. The van der Waals surface area contributed by atoms with Crippen molar-refractivity contribution in [2.24, 2.45) is 0 Å². The first-order chi connectivity index (χ1) is 9.86. The number of unbranched alkanes of at least 4 members (excludes halogenated alkanes) is 4. The Balaban J connectivity index is 2.00. The van der Waals surface area contributed by atoms with E-state index in [0.29, 0.717) is 5.92 Å². The van der Waals surface area contributed by atoms with Crippen LogP contribution in [0.15, 0.2) is 24.3 Å². The minimum Gasteiger partial charge on any atom is -0.196 e. The van der Waals surface area contributed by atoms with E-state index in [1.165, 1.54) is 67.1 Å². The second kappa shape index (κ2) is 8.41. The summed E-state index contributed by atoms with van der Waals surface area (Å²) in [7, 11) is 0. The van der Waals surface area contributed by atoms with Crippen LogP contribution in [-0.4, -0.2) is 4.37 Å². The van der Waals surface area contributed by atoms with Crippen LogP contribution >= 0.6 is 11.5 Å². The molecule has 0 radical (unpaired) electrons. The van der Waals surface area contributed by atoms with Crippen LogP contribution in [0.4, 0.5) is 0 Å². The zero-order valence-electron chi connectivity index (χ0n) is 12.9. The number of fused-ring (bicyclic) bond motifs is 1. The number of rotatable bonds is 9. The van der Waals surface area contributed by atoms with Crippen molar-refractivity contribution in [2.75, 3.05) is 0 Å². The lowest BCUT2D eigenvalue weighted by Gasteiger charge is -2.14. The van der Waals surface area contributed by atoms with Gasteiger partial charge < -0.3 is 0 Å². The van der Waals surface area contributed by atoms with Gasteiger partial charge in [0.15, 0.2) is 0 Å². The third-order valence-corrected chi connectivity index (χ3v) is 4.93. The van der Waals surface area contributed by atoms with E-state index in [9.17, 15) is 0 Å². The molecule has 1 aromatic carbocycles. The Morgan fingerprint density at radius 1 is 0.950 bits per heavy atom. The summed E-state index contributed by atoms with van der Waals surface area (Å²) in [5, 5.41) is 1.39. The van der Waals surface area contributed by atoms with Crippen LogP contribution in [0.25, 0.3) is 10.1 Å². The second-order valence-corrected chi connectivity index (χ2v) is 6.56. The average Bonchev–Trinajstić information content (AvgIpc) is 2.90. The molecular formula is C18H27NS. The van der Waals surface area contributed by atoms with Crippen molar-refractivity contribution in [1.29, 1.82) is 0 Å². The van der Waals surface area contributed by atoms with Gasteiger partial charge in [-0.25, -0.2) is 0 Å². The second-order valence-electron chi connectivity index (χ2n) is 5.75. The predicted octanol–water partition coefficient (Wildman–Crippen LogP) is 6.54. The molecule has 1 atom stereocenters. The first-order valence-electron chi connectivity index (χ1n) is 8.21. The summed E-state index contributed by atoms with van der Waals surface area (Å²) in [5.41, 5.74) is 1.36. The van der Waals surface area contributed by atoms with E-state index < -0.39 is 0 Å². The van der Waals surface area contributed by atoms with Gasteiger partial charge >= 0.3 is 0 Å². The van der Waals surface area contributed by atoms with Gasteiger partial charge in [-0.15, -0.1) is 0 Å². The molecule has 0 saturated carbocycles. The molecule has 1 aromatic heterocycles. The molecule has 0 bridgehead atoms. The van der Waals surface area contributed by atoms with Gasteiger partial charge in [0.2, 0.25) is 0 Å². The van der Waals surface area contributed by atoms with Crippen molar-refractivity contribution in [3.8, 4) is 0 Å². The lowest BCUT2D eigenvalue weighted by atomic mass is 9.91. The topological polar surface area (TPSA) is 12.9 Å². The monoisotopic (exact) mass is 289 g/mol. The van der Waals surface area contributed by atoms with Gasteiger partial charge in [0.05, 0.1) is 10.4 Å². The summed E-state index contributed by atoms with van der Waals surface area (Å²) in [5.74, 6) is 0.665. The van der Waals surface area contributed by atoms with Gasteiger partial charge in [0.25, 0.3) is 0 Å². The largest absolute Gasteiger partial charge is 0.196 e. The maximum atomic E-state index is 4.77. The molecule has 0 spiro atoms. The van der Waals surface area contributed by atoms with E-state index in [4.69, 9.17) is 4.37 Å². The number of aromatic nitrogens is 1. The molecule has 0 amide bonds. The third-order valence-electron chi connectivity index (χ3n) is 4.09. The number of benzene rings is 1. The molecule has 0 aliphatic rings. The van der Waals surface area contributed by atoms with Crippen LogP contribution in [0, 0.1) is 0 Å². The summed E-state index contributed by atoms with van der Waals surface area (Å²) < 4.78 is 6.11. The zero-order chi connectivity index (χ0) is 14.2. The molecule has 0 saturated heterocycles. The van der Waals surface area contributed by atoms with Crippen molar-refractivity contribution in [2.45, 2.75) is 71.1 Å². The SMILES string of the molecule is CCCCCCCC(CCC)c1nsc2ccccc12. The standard InChI is InChI=1S/C18H27NS/c1-3-5-6-7-8-12-15(11-4-2)18-16-13-9-10-14-17(16)20-19-18/h9-10,13-15H,3-8,11-12H2,1-2H3. The van der Waals surface area contributed by atoms with Crippen LogP contribution < -0.4 is 0 Å². The fourth-order valence-corrected chi connectivity index (χ4v) is 3.81. The highest BCUT2D eigenvalue weighted by Crippen LogP contribution is 2.33. The van der Waals surface area contributed by atoms with Crippen LogP contribution in [0.2, 0.25) is 0 Å². The van der Waals surface area contributed by atoms with Crippen molar-refractivity contribution >= 4 is 21.6 Å². The van der Waals surface area contributed by atoms with E-state index in [1.807, 2.05) is 0 Å². The maximum Gasteiger partial charge on any atom is 0.0651 e. The molecule has 1 heterocycles. The lowest BCUT2D eigenvalue weighted by Crippen LogP contribution is -2.00. The van der Waals surface area contributed by atoms with Crippen molar-refractivity contribution in [1.82, 2.24) is 4.37 Å². The Labute approximate surface area is 127 Å². The Morgan fingerprint density at radius 2 is 1.75 bits per heavy atom. The maximum absolute atomic E-state index is 4.77. The highest BCUT2D eigenvalue weighted by Gasteiger charge is 2.16. The van der Waals surface area contributed by atoms with Crippen LogP contribution in [0.1, 0.15) is 76.8 Å². The molecule has 20 heavy (non-hydrogen) atoms. The minimum atomic E-state index is 0.665. The van der Waals surface area contributed by atoms with Crippen molar-refractivity contribution in [3.63, 3.8) is 0 Å². The van der Waals surface area contributed by atoms with Crippen molar-refractivity contribution < 1.29 is 0 Å². The Bertz CT molecular complexity index is 503. The molecule has 2 heteroatoms. The summed E-state index contributed by atoms with van der Waals surface area (Å²) in [6.45, 7) is 4.57. The van der Waals surface area contributed by atoms with Crippen LogP contribution in [0.3, 0.4) is 0 Å². The third kappa shape index (κ3) is 4.05. The molecule has 2 aromatic rings. The van der Waals surface area contributed by atoms with Gasteiger partial charge in [-0.2, -0.15) is 4.37 Å². The molecule has 0 N–H and O–H groups in total. The van der Waals surface area contributed by atoms with Gasteiger partial charge in [-0.05, 0) is 30.4 Å². The van der Waals surface area contributed by atoms with Gasteiger partial charge in [0.1, 0.15) is 0 Å². The van der Waals surface area contributed by atoms with E-state index >= 15 is 0 Å². The normalized spacial score (nSPS) is 12.9. The van der Waals surface area contributed by atoms with E-state index in [1.54, 1.807) is 11.5 Å². The predicted molar refractivity (Wildman–Crippen MR) is 90.6 cm³/mol. The first-order valence-corrected chi connectivity index (χ1v) is 8.98. The summed E-state index contributed by atoms with van der Waals surface area (Å²) in [6.07, 6.45) is 10.7. The number of hydrogen-bond donors (Lipinski definition) is 0. The Morgan fingerprint density at radius 3 is 2.55 bits per heavy atom. The molecule has 0 fully saturated rings. The zero-order valence-corrected chi connectivity index (χ0v) is 13.7. The quantitative estimate of drug-likeness (QED) is 0.477. The molecule has 1 nitrogen and oxygen atoms in total. The Kier molecular flexibility index (Phi) is 6.52. The van der Waals surface area contributed by atoms with Gasteiger partial charge in [-0.3, -0.25) is 0 Å². The molecule has 2 rings (SSSR count). The van der Waals surface area contributed by atoms with Crippen LogP contribution in [0.5, 0.6) is 0 Å². The first kappa shape index (κ1) is 15.5.